The van der Waals surface area contributed by atoms with Gasteiger partial charge in [-0.2, -0.15) is 0 Å². The number of Topliss-reactive ketones (excluding diaryl/α,β-unsaturated/α-hetero) is 1. The van der Waals surface area contributed by atoms with Gasteiger partial charge in [-0.25, -0.2) is 8.78 Å². The Bertz CT molecular complexity index is 823. The van der Waals surface area contributed by atoms with Crippen LogP contribution in [0.2, 0.25) is 0 Å². The van der Waals surface area contributed by atoms with Gasteiger partial charge in [0, 0.05) is 12.8 Å². The number of carbonyl (C=O) groups excluding carboxylic acids is 1. The molecule has 1 aliphatic carbocycles. The smallest absolute Gasteiger partial charge is 0.167 e. The third kappa shape index (κ3) is 2.77. The quantitative estimate of drug-likeness (QED) is 0.835. The molecule has 24 heavy (non-hydrogen) atoms. The highest BCUT2D eigenvalue weighted by molar-refractivity contribution is 6.24. The minimum absolute atomic E-state index is 0.114. The molecule has 2 aromatic carbocycles. The van der Waals surface area contributed by atoms with Crippen LogP contribution in [0.1, 0.15) is 18.4 Å². The van der Waals surface area contributed by atoms with Crippen LogP contribution >= 0.6 is 0 Å². The summed E-state index contributed by atoms with van der Waals surface area (Å²) < 4.78 is 38.4. The molecule has 0 spiro atoms. The van der Waals surface area contributed by atoms with Crippen LogP contribution in [0, 0.1) is 11.6 Å². The Morgan fingerprint density at radius 3 is 2.25 bits per heavy atom. The van der Waals surface area contributed by atoms with Crippen molar-refractivity contribution in [2.45, 2.75) is 12.8 Å². The first-order valence-electron chi connectivity index (χ1n) is 7.49. The molecule has 0 fully saturated rings. The van der Waals surface area contributed by atoms with Crippen molar-refractivity contribution in [3.05, 3.63) is 59.4 Å². The number of ketones is 1. The molecular formula is C19H16F2O3. The minimum Gasteiger partial charge on any atom is -0.500 e. The van der Waals surface area contributed by atoms with Gasteiger partial charge in [-0.15, -0.1) is 0 Å². The van der Waals surface area contributed by atoms with Crippen LogP contribution in [0.15, 0.2) is 42.2 Å². The van der Waals surface area contributed by atoms with Crippen molar-refractivity contribution in [1.82, 2.24) is 0 Å². The van der Waals surface area contributed by atoms with Gasteiger partial charge in [-0.3, -0.25) is 4.79 Å². The minimum atomic E-state index is -0.575. The van der Waals surface area contributed by atoms with Gasteiger partial charge in [0.2, 0.25) is 0 Å². The molecule has 0 saturated heterocycles. The maximum Gasteiger partial charge on any atom is 0.167 e. The number of carbonyl (C=O) groups is 1. The Morgan fingerprint density at radius 2 is 1.62 bits per heavy atom. The molecule has 0 atom stereocenters. The summed E-state index contributed by atoms with van der Waals surface area (Å²) in [4.78, 5) is 12.2. The molecule has 0 amide bonds. The zero-order valence-electron chi connectivity index (χ0n) is 13.4. The number of halogens is 2. The van der Waals surface area contributed by atoms with E-state index in [0.717, 1.165) is 0 Å². The lowest BCUT2D eigenvalue weighted by Gasteiger charge is -2.14. The fraction of sp³-hybridized carbons (Fsp3) is 0.211. The monoisotopic (exact) mass is 330 g/mol. The average molecular weight is 330 g/mol. The second-order valence-corrected chi connectivity index (χ2v) is 5.47. The first kappa shape index (κ1) is 16.2. The van der Waals surface area contributed by atoms with E-state index in [1.165, 1.54) is 32.4 Å². The number of ether oxygens (including phenoxy) is 2. The molecule has 124 valence electrons. The Balaban J connectivity index is 2.16. The van der Waals surface area contributed by atoms with Gasteiger partial charge in [0.1, 0.15) is 23.1 Å². The van der Waals surface area contributed by atoms with Gasteiger partial charge in [0.05, 0.1) is 25.4 Å². The van der Waals surface area contributed by atoms with E-state index in [0.29, 0.717) is 29.7 Å². The highest BCUT2D eigenvalue weighted by Gasteiger charge is 2.30. The van der Waals surface area contributed by atoms with Crippen molar-refractivity contribution >= 4 is 11.4 Å². The van der Waals surface area contributed by atoms with E-state index in [1.807, 2.05) is 0 Å². The standard InChI is InChI=1S/C19H16F2O3/c1-23-16-8-7-15(22)19(16)18-14(21)9-12(10-17(18)24-2)11-3-5-13(20)6-4-11/h3-6,9-10H,7-8H2,1-2H3. The molecule has 0 aromatic heterocycles. The van der Waals surface area contributed by atoms with Gasteiger partial charge < -0.3 is 9.47 Å². The van der Waals surface area contributed by atoms with Crippen LogP contribution in [-0.2, 0) is 9.53 Å². The third-order valence-electron chi connectivity index (χ3n) is 4.08. The Morgan fingerprint density at radius 1 is 0.917 bits per heavy atom. The SMILES string of the molecule is COC1=C(c2c(F)cc(-c3ccc(F)cc3)cc2OC)C(=O)CC1. The zero-order valence-corrected chi connectivity index (χ0v) is 13.4. The first-order chi connectivity index (χ1) is 11.5. The van der Waals surface area contributed by atoms with E-state index in [9.17, 15) is 13.6 Å². The zero-order chi connectivity index (χ0) is 17.3. The van der Waals surface area contributed by atoms with E-state index in [4.69, 9.17) is 9.47 Å². The molecule has 0 aliphatic heterocycles. The first-order valence-corrected chi connectivity index (χ1v) is 7.49. The molecule has 0 saturated carbocycles. The van der Waals surface area contributed by atoms with Crippen LogP contribution in [0.25, 0.3) is 16.7 Å². The summed E-state index contributed by atoms with van der Waals surface area (Å²) in [5, 5.41) is 0. The largest absolute Gasteiger partial charge is 0.500 e. The number of rotatable bonds is 4. The molecule has 3 rings (SSSR count). The normalized spacial score (nSPS) is 14.2. The molecule has 5 heteroatoms. The summed E-state index contributed by atoms with van der Waals surface area (Å²) in [6, 6.07) is 8.68. The van der Waals surface area contributed by atoms with Crippen LogP contribution < -0.4 is 4.74 Å². The van der Waals surface area contributed by atoms with Crippen LogP contribution in [0.3, 0.4) is 0 Å². The maximum absolute atomic E-state index is 14.8. The topological polar surface area (TPSA) is 35.5 Å². The lowest BCUT2D eigenvalue weighted by atomic mass is 9.97. The second-order valence-electron chi connectivity index (χ2n) is 5.47. The van der Waals surface area contributed by atoms with Crippen molar-refractivity contribution < 1.29 is 23.0 Å². The summed E-state index contributed by atoms with van der Waals surface area (Å²) in [7, 11) is 2.88. The third-order valence-corrected chi connectivity index (χ3v) is 4.08. The second kappa shape index (κ2) is 6.43. The van der Waals surface area contributed by atoms with Gasteiger partial charge in [0.15, 0.2) is 5.78 Å². The number of methoxy groups -OCH3 is 2. The number of hydrogen-bond donors (Lipinski definition) is 0. The Labute approximate surface area is 138 Å². The molecule has 0 bridgehead atoms. The van der Waals surface area contributed by atoms with Gasteiger partial charge in [0.25, 0.3) is 0 Å². The van der Waals surface area contributed by atoms with E-state index in [2.05, 4.69) is 0 Å². The number of allylic oxidation sites excluding steroid dienone is 2. The number of hydrogen-bond acceptors (Lipinski definition) is 3. The van der Waals surface area contributed by atoms with E-state index >= 15 is 0 Å². The fourth-order valence-corrected chi connectivity index (χ4v) is 2.91. The highest BCUT2D eigenvalue weighted by atomic mass is 19.1. The molecule has 0 radical (unpaired) electrons. The summed E-state index contributed by atoms with van der Waals surface area (Å²) in [6.45, 7) is 0. The average Bonchev–Trinajstić information content (AvgIpc) is 2.95. The molecule has 3 nitrogen and oxygen atoms in total. The van der Waals surface area contributed by atoms with E-state index in [-0.39, 0.29) is 28.5 Å². The van der Waals surface area contributed by atoms with Crippen LogP contribution in [0.4, 0.5) is 8.78 Å². The Hall–Kier alpha value is -2.69. The van der Waals surface area contributed by atoms with Crippen molar-refractivity contribution in [3.63, 3.8) is 0 Å². The van der Waals surface area contributed by atoms with Gasteiger partial charge >= 0.3 is 0 Å². The molecule has 0 N–H and O–H groups in total. The molecule has 2 aromatic rings. The van der Waals surface area contributed by atoms with Gasteiger partial charge in [-0.1, -0.05) is 12.1 Å². The van der Waals surface area contributed by atoms with Crippen molar-refractivity contribution in [1.29, 1.82) is 0 Å². The summed E-state index contributed by atoms with van der Waals surface area (Å²) >= 11 is 0. The van der Waals surface area contributed by atoms with Gasteiger partial charge in [-0.05, 0) is 35.4 Å². The predicted octanol–water partition coefficient (Wildman–Crippen LogP) is 4.36. The van der Waals surface area contributed by atoms with Crippen molar-refractivity contribution in [2.75, 3.05) is 14.2 Å². The van der Waals surface area contributed by atoms with Crippen LogP contribution in [-0.4, -0.2) is 20.0 Å². The highest BCUT2D eigenvalue weighted by Crippen LogP contribution is 2.40. The summed E-state index contributed by atoms with van der Waals surface area (Å²) in [5.74, 6) is -0.401. The van der Waals surface area contributed by atoms with Crippen LogP contribution in [0.5, 0.6) is 5.75 Å². The lowest BCUT2D eigenvalue weighted by molar-refractivity contribution is -0.113. The predicted molar refractivity (Wildman–Crippen MR) is 86.5 cm³/mol. The fourth-order valence-electron chi connectivity index (χ4n) is 2.91. The van der Waals surface area contributed by atoms with Crippen molar-refractivity contribution in [2.24, 2.45) is 0 Å². The molecular weight excluding hydrogens is 314 g/mol. The lowest BCUT2D eigenvalue weighted by Crippen LogP contribution is -2.03. The van der Waals surface area contributed by atoms with E-state index in [1.54, 1.807) is 18.2 Å². The molecule has 1 aliphatic rings. The summed E-state index contributed by atoms with van der Waals surface area (Å²) in [6.07, 6.45) is 0.744. The molecule has 0 heterocycles. The Kier molecular flexibility index (Phi) is 4.34. The van der Waals surface area contributed by atoms with E-state index < -0.39 is 5.82 Å². The van der Waals surface area contributed by atoms with Crippen molar-refractivity contribution in [3.8, 4) is 16.9 Å². The maximum atomic E-state index is 14.8. The number of benzene rings is 2. The summed E-state index contributed by atoms with van der Waals surface area (Å²) in [5.41, 5.74) is 1.54. The molecule has 0 unspecified atom stereocenters.